The van der Waals surface area contributed by atoms with Gasteiger partial charge in [0.2, 0.25) is 0 Å². The van der Waals surface area contributed by atoms with Gasteiger partial charge in [-0.05, 0) is 204 Å². The lowest BCUT2D eigenvalue weighted by atomic mass is 9.96. The van der Waals surface area contributed by atoms with Gasteiger partial charge in [-0.15, -0.1) is 68.0 Å². The van der Waals surface area contributed by atoms with Gasteiger partial charge in [0.1, 0.15) is 0 Å². The zero-order valence-corrected chi connectivity index (χ0v) is 84.8. The van der Waals surface area contributed by atoms with E-state index in [9.17, 15) is 0 Å². The molecule has 0 bridgehead atoms. The summed E-state index contributed by atoms with van der Waals surface area (Å²) in [6, 6.07) is 169. The van der Waals surface area contributed by atoms with Gasteiger partial charge in [-0.1, -0.05) is 352 Å². The average Bonchev–Trinajstić information content (AvgIpc) is 1.73. The summed E-state index contributed by atoms with van der Waals surface area (Å²) in [4.78, 5) is 47.8. The third-order valence-electron chi connectivity index (χ3n) is 29.1. The summed E-state index contributed by atoms with van der Waals surface area (Å²) in [5.74, 6) is 5.56. The van der Waals surface area contributed by atoms with E-state index in [0.29, 0.717) is 52.4 Å². The number of rotatable bonds is 17. The predicted molar refractivity (Wildman–Crippen MR) is 636 cm³/mol. The van der Waals surface area contributed by atoms with Crippen molar-refractivity contribution in [2.24, 2.45) is 0 Å². The van der Waals surface area contributed by atoms with Gasteiger partial charge < -0.3 is 0 Å². The lowest BCUT2D eigenvalue weighted by Gasteiger charge is -2.12. The van der Waals surface area contributed by atoms with Crippen LogP contribution in [-0.2, 0) is 0 Å². The first-order valence-electron chi connectivity index (χ1n) is 49.9. The molecule has 9 heterocycles. The predicted octanol–water partition coefficient (Wildman–Crippen LogP) is 38.8. The van der Waals surface area contributed by atoms with Crippen molar-refractivity contribution in [2.45, 2.75) is 0 Å². The molecule has 30 rings (SSSR count). The zero-order chi connectivity index (χ0) is 98.5. The van der Waals surface area contributed by atoms with Crippen LogP contribution in [0.4, 0.5) is 0 Å². The normalized spacial score (nSPS) is 11.9. The molecule has 150 heavy (non-hydrogen) atoms. The molecule has 0 atom stereocenters. The van der Waals surface area contributed by atoms with Gasteiger partial charge in [-0.25, -0.2) is 44.9 Å². The number of hydrogen-bond acceptors (Lipinski definition) is 15. The van der Waals surface area contributed by atoms with Crippen LogP contribution >= 0.6 is 68.0 Å². The highest BCUT2D eigenvalue weighted by Gasteiger charge is 2.26. The van der Waals surface area contributed by atoms with E-state index in [1.165, 1.54) is 138 Å². The van der Waals surface area contributed by atoms with Crippen LogP contribution in [-0.4, -0.2) is 44.9 Å². The Balaban J connectivity index is 0.427. The molecule has 0 saturated heterocycles. The van der Waals surface area contributed by atoms with Crippen LogP contribution in [0.15, 0.2) is 467 Å². The molecule has 0 aliphatic heterocycles. The number of benzene rings is 21. The maximum Gasteiger partial charge on any atom is 0.164 e. The summed E-state index contributed by atoms with van der Waals surface area (Å²) in [7, 11) is 0. The van der Waals surface area contributed by atoms with Crippen LogP contribution in [0.25, 0.3) is 313 Å². The van der Waals surface area contributed by atoms with Crippen molar-refractivity contribution in [2.75, 3.05) is 0 Å². The highest BCUT2D eigenvalue weighted by Crippen LogP contribution is 2.51. The lowest BCUT2D eigenvalue weighted by molar-refractivity contribution is 1.07. The van der Waals surface area contributed by atoms with E-state index in [0.717, 1.165) is 122 Å². The SMILES string of the molecule is c1ccc(-c2ccc3sc4c(-c5cccc(-c6nc(-c7cccc(-c8cccc(-c9ccc%10sc%11c(-c%12cccc(-c%13nc(-c%14ccccc%14)nc(-c%14ccc%15sc%16cc(-c%17ccc(-c%18ccc%19sc%20c(-c%21cccc(-c%22nc(-c%23ccccc%23)nc(-c%23ccc%24c(c%23)sc%23ccccc%23%24)n%22)c%21)cccc%20c%19c%18)cc%17)ccc%16c%15c%14)n%13)c%12)cccc%11c%10c9)c8)c7)nc(-c7cccc8sc9ccccc9c78)n6)c5)cccc4c3c2)cc1. The molecule has 9 aromatic heterocycles. The number of aromatic nitrogens is 9. The van der Waals surface area contributed by atoms with Crippen molar-refractivity contribution in [1.29, 1.82) is 0 Å². The van der Waals surface area contributed by atoms with Crippen molar-refractivity contribution in [3.63, 3.8) is 0 Å². The van der Waals surface area contributed by atoms with Gasteiger partial charge in [-0.3, -0.25) is 0 Å². The number of hydrogen-bond donors (Lipinski definition) is 0. The molecule has 0 aliphatic carbocycles. The molecule has 30 aromatic rings. The van der Waals surface area contributed by atoms with Crippen LogP contribution in [0.1, 0.15) is 0 Å². The van der Waals surface area contributed by atoms with Crippen LogP contribution < -0.4 is 0 Å². The molecule has 0 saturated carbocycles. The van der Waals surface area contributed by atoms with Gasteiger partial charge >= 0.3 is 0 Å². The van der Waals surface area contributed by atoms with E-state index in [1.807, 2.05) is 81.7 Å². The van der Waals surface area contributed by atoms with Crippen LogP contribution in [0.3, 0.4) is 0 Å². The molecular weight excluding hydrogens is 1940 g/mol. The molecule has 0 radical (unpaired) electrons. The molecular formula is C135H77N9S6. The van der Waals surface area contributed by atoms with Crippen molar-refractivity contribution < 1.29 is 0 Å². The van der Waals surface area contributed by atoms with Crippen LogP contribution in [0.2, 0.25) is 0 Å². The first-order chi connectivity index (χ1) is 74.2. The molecule has 9 nitrogen and oxygen atoms in total. The minimum Gasteiger partial charge on any atom is -0.208 e. The number of fused-ring (bicyclic) bond motifs is 18. The summed E-state index contributed by atoms with van der Waals surface area (Å²) < 4.78 is 14.7. The Morgan fingerprint density at radius 2 is 0.333 bits per heavy atom. The third kappa shape index (κ3) is 15.5. The van der Waals surface area contributed by atoms with Crippen LogP contribution in [0.5, 0.6) is 0 Å². The maximum atomic E-state index is 5.46. The minimum absolute atomic E-state index is 0.599. The second-order valence-electron chi connectivity index (χ2n) is 38.1. The lowest BCUT2D eigenvalue weighted by Crippen LogP contribution is -2.00. The largest absolute Gasteiger partial charge is 0.208 e. The quantitative estimate of drug-likeness (QED) is 0.0879. The standard InChI is InChI=1S/C135H77N9S6/c1-4-23-78(24-5-1)86-57-63-117-111(72-86)105-44-19-42-101(124(105)148-117)92-34-18-38-96(71-92)132-142-131(143-135(144-132)109-47-22-50-120-123(109)108-40-11-13-49-115(108)145-120)93-35-15-31-85(68-93)83-29-14-30-84(67-83)88-59-65-119-113(74-88)107-46-21-43-100(126(107)150-119)90-32-16-36-94(69-90)129-136-127(81-25-6-2-7-26-81)138-133(140-129)97-60-66-116-110(75-97)104-61-55-89(76-121(104)147-116)80-53-51-79(52-54-80)87-58-64-118-112(73-87)106-45-20-41-99(125(106)149-118)91-33-17-37-95(70-91)130-137-128(82-27-8-3-9-28-82)139-134(141-130)98-56-62-103-102-39-10-12-48-114(102)146-122(103)77-98/h1-77H. The summed E-state index contributed by atoms with van der Waals surface area (Å²) in [5.41, 5.74) is 26.6. The third-order valence-corrected chi connectivity index (χ3v) is 36.1. The molecule has 698 valence electrons. The summed E-state index contributed by atoms with van der Waals surface area (Å²) >= 11 is 10.9. The van der Waals surface area contributed by atoms with Crippen LogP contribution in [0, 0.1) is 0 Å². The molecule has 0 N–H and O–H groups in total. The molecule has 0 unspecified atom stereocenters. The Bertz CT molecular complexity index is 10800. The fraction of sp³-hybridized carbons (Fsp3) is 0. The van der Waals surface area contributed by atoms with Crippen molar-refractivity contribution in [3.05, 3.63) is 467 Å². The summed E-state index contributed by atoms with van der Waals surface area (Å²) in [5, 5.41) is 14.6. The average molecular weight is 2020 g/mol. The van der Waals surface area contributed by atoms with Gasteiger partial charge in [0, 0.05) is 171 Å². The smallest absolute Gasteiger partial charge is 0.164 e. The second-order valence-corrected chi connectivity index (χ2v) is 44.5. The van der Waals surface area contributed by atoms with E-state index in [4.69, 9.17) is 44.9 Å². The van der Waals surface area contributed by atoms with Gasteiger partial charge in [0.25, 0.3) is 0 Å². The van der Waals surface area contributed by atoms with Gasteiger partial charge in [0.15, 0.2) is 52.4 Å². The number of thiophene rings is 6. The fourth-order valence-corrected chi connectivity index (χ4v) is 28.7. The summed E-state index contributed by atoms with van der Waals surface area (Å²) in [6.07, 6.45) is 0. The fourth-order valence-electron chi connectivity index (χ4n) is 21.7. The molecule has 0 spiro atoms. The topological polar surface area (TPSA) is 116 Å². The van der Waals surface area contributed by atoms with E-state index in [1.54, 1.807) is 22.7 Å². The highest BCUT2D eigenvalue weighted by molar-refractivity contribution is 7.28. The van der Waals surface area contributed by atoms with E-state index >= 15 is 0 Å². The molecule has 0 fully saturated rings. The van der Waals surface area contributed by atoms with Crippen molar-refractivity contribution in [3.8, 4) is 192 Å². The highest BCUT2D eigenvalue weighted by atomic mass is 32.1. The Kier molecular flexibility index (Phi) is 21.0. The summed E-state index contributed by atoms with van der Waals surface area (Å²) in [6.45, 7) is 0. The van der Waals surface area contributed by atoms with Crippen molar-refractivity contribution in [1.82, 2.24) is 44.9 Å². The number of nitrogens with zero attached hydrogens (tertiary/aromatic N) is 9. The minimum atomic E-state index is 0.599. The second kappa shape index (κ2) is 36.0. The molecule has 21 aromatic carbocycles. The molecule has 0 aliphatic rings. The van der Waals surface area contributed by atoms with E-state index in [-0.39, 0.29) is 0 Å². The van der Waals surface area contributed by atoms with E-state index in [2.05, 4.69) is 431 Å². The Hall–Kier alpha value is -18.0. The molecule has 15 heteroatoms. The van der Waals surface area contributed by atoms with Crippen molar-refractivity contribution >= 4 is 189 Å². The maximum absolute atomic E-state index is 5.46. The molecule has 0 amide bonds. The first kappa shape index (κ1) is 87.4. The Morgan fingerprint density at radius 1 is 0.107 bits per heavy atom. The Morgan fingerprint density at radius 3 is 0.793 bits per heavy atom. The first-order valence-corrected chi connectivity index (χ1v) is 54.8. The van der Waals surface area contributed by atoms with Gasteiger partial charge in [-0.2, -0.15) is 0 Å². The monoisotopic (exact) mass is 2020 g/mol. The zero-order valence-electron chi connectivity index (χ0n) is 79.9. The van der Waals surface area contributed by atoms with E-state index < -0.39 is 0 Å². The van der Waals surface area contributed by atoms with Gasteiger partial charge in [0.05, 0.1) is 0 Å². The Labute approximate surface area is 884 Å².